The first-order valence-electron chi connectivity index (χ1n) is 7.73. The second kappa shape index (κ2) is 7.46. The highest BCUT2D eigenvalue weighted by Gasteiger charge is 2.27. The molecule has 1 saturated heterocycles. The van der Waals surface area contributed by atoms with Crippen LogP contribution in [0.25, 0.3) is 0 Å². The summed E-state index contributed by atoms with van der Waals surface area (Å²) >= 11 is 0. The van der Waals surface area contributed by atoms with Gasteiger partial charge >= 0.3 is 5.97 Å². The maximum atomic E-state index is 10.8. The molecule has 21 heavy (non-hydrogen) atoms. The molecule has 4 heteroatoms. The Morgan fingerprint density at radius 2 is 2.29 bits per heavy atom. The third-order valence-electron chi connectivity index (χ3n) is 4.44. The lowest BCUT2D eigenvalue weighted by Gasteiger charge is -2.40. The summed E-state index contributed by atoms with van der Waals surface area (Å²) in [5, 5.41) is 8.92. The Morgan fingerprint density at radius 1 is 1.48 bits per heavy atom. The molecule has 2 unspecified atom stereocenters. The molecule has 0 bridgehead atoms. The number of ether oxygens (including phenoxy) is 1. The van der Waals surface area contributed by atoms with Gasteiger partial charge in [-0.1, -0.05) is 18.6 Å². The molecule has 1 N–H and O–H groups in total. The van der Waals surface area contributed by atoms with Gasteiger partial charge in [0.25, 0.3) is 0 Å². The number of hydrogen-bond acceptors (Lipinski definition) is 3. The summed E-state index contributed by atoms with van der Waals surface area (Å²) in [6, 6.07) is 8.83. The van der Waals surface area contributed by atoms with Gasteiger partial charge in [0, 0.05) is 18.5 Å². The van der Waals surface area contributed by atoms with Crippen LogP contribution in [0.2, 0.25) is 0 Å². The average molecular weight is 291 g/mol. The summed E-state index contributed by atoms with van der Waals surface area (Å²) in [6.45, 7) is 3.25. The molecule has 1 heterocycles. The molecule has 0 amide bonds. The zero-order valence-electron chi connectivity index (χ0n) is 12.9. The Kier molecular flexibility index (Phi) is 5.62. The van der Waals surface area contributed by atoms with E-state index in [1.54, 1.807) is 7.11 Å². The number of carboxylic acids is 1. The molecule has 2 atom stereocenters. The molecule has 116 valence electrons. The topological polar surface area (TPSA) is 49.8 Å². The molecule has 0 saturated carbocycles. The first-order chi connectivity index (χ1) is 10.1. The lowest BCUT2D eigenvalue weighted by atomic mass is 9.94. The van der Waals surface area contributed by atoms with Crippen molar-refractivity contribution in [3.8, 4) is 5.75 Å². The molecule has 1 aromatic carbocycles. The molecule has 1 fully saturated rings. The zero-order chi connectivity index (χ0) is 15.2. The van der Waals surface area contributed by atoms with Crippen molar-refractivity contribution < 1.29 is 14.6 Å². The molecule has 0 spiro atoms. The van der Waals surface area contributed by atoms with Crippen LogP contribution in [0, 0.1) is 0 Å². The molecule has 0 aromatic heterocycles. The first kappa shape index (κ1) is 15.8. The Bertz CT molecular complexity index is 475. The van der Waals surface area contributed by atoms with E-state index in [0.717, 1.165) is 25.1 Å². The minimum Gasteiger partial charge on any atom is -0.497 e. The van der Waals surface area contributed by atoms with Crippen molar-refractivity contribution in [2.24, 2.45) is 0 Å². The summed E-state index contributed by atoms with van der Waals surface area (Å²) in [6.07, 6.45) is 4.49. The number of aliphatic carboxylic acids is 1. The maximum Gasteiger partial charge on any atom is 0.303 e. The number of carbonyl (C=O) groups is 1. The van der Waals surface area contributed by atoms with E-state index in [0.29, 0.717) is 12.1 Å². The summed E-state index contributed by atoms with van der Waals surface area (Å²) in [5.74, 6) is 0.174. The number of methoxy groups -OCH3 is 1. The third kappa shape index (κ3) is 4.21. The maximum absolute atomic E-state index is 10.8. The number of nitrogens with zero attached hydrogens (tertiary/aromatic N) is 1. The fourth-order valence-corrected chi connectivity index (χ4v) is 3.23. The van der Waals surface area contributed by atoms with E-state index in [9.17, 15) is 4.79 Å². The molecule has 1 aliphatic heterocycles. The van der Waals surface area contributed by atoms with Crippen molar-refractivity contribution in [1.29, 1.82) is 0 Å². The van der Waals surface area contributed by atoms with Crippen molar-refractivity contribution in [3.05, 3.63) is 29.8 Å². The summed E-state index contributed by atoms with van der Waals surface area (Å²) < 4.78 is 5.30. The van der Waals surface area contributed by atoms with Crippen LogP contribution in [-0.4, -0.2) is 35.7 Å². The van der Waals surface area contributed by atoms with Gasteiger partial charge in [0.05, 0.1) is 7.11 Å². The Balaban J connectivity index is 2.09. The van der Waals surface area contributed by atoms with Crippen molar-refractivity contribution in [2.45, 2.75) is 51.1 Å². The molecular weight excluding hydrogens is 266 g/mol. The molecule has 1 aromatic rings. The Morgan fingerprint density at radius 3 is 3.00 bits per heavy atom. The van der Waals surface area contributed by atoms with Crippen molar-refractivity contribution >= 4 is 5.97 Å². The molecule has 4 nitrogen and oxygen atoms in total. The number of piperidine rings is 1. The largest absolute Gasteiger partial charge is 0.497 e. The number of hydrogen-bond donors (Lipinski definition) is 1. The standard InChI is InChI=1S/C17H25NO3/c1-13(14-6-5-8-16(12-14)21-2)18-11-4-3-7-15(18)9-10-17(19)20/h5-6,8,12-13,15H,3-4,7,9-11H2,1-2H3,(H,19,20). The second-order valence-electron chi connectivity index (χ2n) is 5.77. The van der Waals surface area contributed by atoms with Crippen molar-refractivity contribution in [1.82, 2.24) is 4.90 Å². The molecular formula is C17H25NO3. The summed E-state index contributed by atoms with van der Waals surface area (Å²) in [5.41, 5.74) is 1.23. The van der Waals surface area contributed by atoms with E-state index in [-0.39, 0.29) is 6.42 Å². The zero-order valence-corrected chi connectivity index (χ0v) is 12.9. The van der Waals surface area contributed by atoms with E-state index in [4.69, 9.17) is 9.84 Å². The van der Waals surface area contributed by atoms with Crippen LogP contribution in [0.1, 0.15) is 50.6 Å². The van der Waals surface area contributed by atoms with Gasteiger partial charge in [-0.25, -0.2) is 0 Å². The third-order valence-corrected chi connectivity index (χ3v) is 4.44. The lowest BCUT2D eigenvalue weighted by Crippen LogP contribution is -2.41. The SMILES string of the molecule is COc1cccc(C(C)N2CCCCC2CCC(=O)O)c1. The average Bonchev–Trinajstić information content (AvgIpc) is 2.52. The fourth-order valence-electron chi connectivity index (χ4n) is 3.23. The van der Waals surface area contributed by atoms with Crippen LogP contribution >= 0.6 is 0 Å². The van der Waals surface area contributed by atoms with E-state index < -0.39 is 5.97 Å². The predicted molar refractivity (Wildman–Crippen MR) is 82.6 cm³/mol. The number of carboxylic acid groups (broad SMARTS) is 1. The highest BCUT2D eigenvalue weighted by atomic mass is 16.5. The summed E-state index contributed by atoms with van der Waals surface area (Å²) in [4.78, 5) is 13.3. The monoisotopic (exact) mass is 291 g/mol. The lowest BCUT2D eigenvalue weighted by molar-refractivity contribution is -0.137. The van der Waals surface area contributed by atoms with Gasteiger partial charge in [-0.2, -0.15) is 0 Å². The molecule has 0 radical (unpaired) electrons. The van der Waals surface area contributed by atoms with E-state index >= 15 is 0 Å². The van der Waals surface area contributed by atoms with E-state index in [2.05, 4.69) is 24.0 Å². The van der Waals surface area contributed by atoms with E-state index in [1.807, 2.05) is 12.1 Å². The first-order valence-corrected chi connectivity index (χ1v) is 7.73. The summed E-state index contributed by atoms with van der Waals surface area (Å²) in [7, 11) is 1.68. The van der Waals surface area contributed by atoms with Gasteiger partial charge in [-0.3, -0.25) is 9.69 Å². The van der Waals surface area contributed by atoms with Crippen molar-refractivity contribution in [2.75, 3.05) is 13.7 Å². The number of rotatable bonds is 6. The van der Waals surface area contributed by atoms with Gasteiger partial charge in [-0.05, 0) is 50.4 Å². The quantitative estimate of drug-likeness (QED) is 0.872. The van der Waals surface area contributed by atoms with Crippen LogP contribution in [-0.2, 0) is 4.79 Å². The smallest absolute Gasteiger partial charge is 0.303 e. The highest BCUT2D eigenvalue weighted by molar-refractivity contribution is 5.66. The van der Waals surface area contributed by atoms with Gasteiger partial charge < -0.3 is 9.84 Å². The van der Waals surface area contributed by atoms with Gasteiger partial charge in [-0.15, -0.1) is 0 Å². The molecule has 2 rings (SSSR count). The normalized spacial score (nSPS) is 21.0. The van der Waals surface area contributed by atoms with Crippen LogP contribution < -0.4 is 4.74 Å². The van der Waals surface area contributed by atoms with Crippen LogP contribution in [0.3, 0.4) is 0 Å². The van der Waals surface area contributed by atoms with Gasteiger partial charge in [0.2, 0.25) is 0 Å². The Hall–Kier alpha value is -1.55. The van der Waals surface area contributed by atoms with Crippen molar-refractivity contribution in [3.63, 3.8) is 0 Å². The highest BCUT2D eigenvalue weighted by Crippen LogP contribution is 2.31. The Labute approximate surface area is 126 Å². The molecule has 1 aliphatic rings. The van der Waals surface area contributed by atoms with Crippen LogP contribution in [0.5, 0.6) is 5.75 Å². The molecule has 0 aliphatic carbocycles. The predicted octanol–water partition coefficient (Wildman–Crippen LogP) is 3.48. The number of benzene rings is 1. The van der Waals surface area contributed by atoms with E-state index in [1.165, 1.54) is 18.4 Å². The van der Waals surface area contributed by atoms with Gasteiger partial charge in [0.1, 0.15) is 5.75 Å². The van der Waals surface area contributed by atoms with Crippen LogP contribution in [0.15, 0.2) is 24.3 Å². The second-order valence-corrected chi connectivity index (χ2v) is 5.77. The van der Waals surface area contributed by atoms with Crippen LogP contribution in [0.4, 0.5) is 0 Å². The fraction of sp³-hybridized carbons (Fsp3) is 0.588. The minimum atomic E-state index is -0.699. The number of likely N-dealkylation sites (tertiary alicyclic amines) is 1. The minimum absolute atomic E-state index is 0.256. The van der Waals surface area contributed by atoms with Gasteiger partial charge in [0.15, 0.2) is 0 Å².